The van der Waals surface area contributed by atoms with Gasteiger partial charge in [0.2, 0.25) is 0 Å². The van der Waals surface area contributed by atoms with E-state index in [0.717, 1.165) is 18.4 Å². The van der Waals surface area contributed by atoms with Gasteiger partial charge in [-0.05, 0) is 19.1 Å². The number of rotatable bonds is 6. The Hall–Kier alpha value is -1.15. The lowest BCUT2D eigenvalue weighted by atomic mass is 10.1. The second-order valence-electron chi connectivity index (χ2n) is 4.35. The van der Waals surface area contributed by atoms with Crippen LogP contribution in [0, 0.1) is 11.6 Å². The fourth-order valence-corrected chi connectivity index (χ4v) is 4.03. The van der Waals surface area contributed by atoms with Crippen LogP contribution in [0.1, 0.15) is 17.3 Å². The van der Waals surface area contributed by atoms with Crippen LogP contribution >= 0.6 is 0 Å². The number of carbonyl (C=O) groups is 1. The minimum absolute atomic E-state index is 0.200. The zero-order valence-corrected chi connectivity index (χ0v) is 12.6. The smallest absolute Gasteiger partial charge is 0.181 e. The summed E-state index contributed by atoms with van der Waals surface area (Å²) in [5, 5.41) is -1.06. The molecule has 4 nitrogen and oxygen atoms in total. The summed E-state index contributed by atoms with van der Waals surface area (Å²) >= 11 is 0. The van der Waals surface area contributed by atoms with Crippen molar-refractivity contribution in [3.05, 3.63) is 35.4 Å². The molecule has 8 heteroatoms. The number of ketones is 1. The van der Waals surface area contributed by atoms with Crippen molar-refractivity contribution < 1.29 is 26.2 Å². The number of Topliss-reactive ketones (excluding diaryl/α,β-unsaturated/α-hetero) is 1. The van der Waals surface area contributed by atoms with Gasteiger partial charge in [0.15, 0.2) is 5.78 Å². The molecule has 0 saturated heterocycles. The number of carbonyl (C=O) groups excluding carboxylic acids is 1. The Balaban J connectivity index is 2.83. The van der Waals surface area contributed by atoms with Gasteiger partial charge in [0.25, 0.3) is 0 Å². The van der Waals surface area contributed by atoms with Crippen molar-refractivity contribution in [3.63, 3.8) is 0 Å². The number of halogens is 2. The van der Waals surface area contributed by atoms with E-state index in [9.17, 15) is 26.2 Å². The van der Waals surface area contributed by atoms with Crippen molar-refractivity contribution in [2.24, 2.45) is 0 Å². The average Bonchev–Trinajstić information content (AvgIpc) is 2.33. The third-order valence-corrected chi connectivity index (χ3v) is 5.43. The van der Waals surface area contributed by atoms with Gasteiger partial charge in [-0.15, -0.1) is 0 Å². The zero-order valence-electron chi connectivity index (χ0n) is 10.9. The van der Waals surface area contributed by atoms with Crippen molar-refractivity contribution in [2.75, 3.05) is 17.8 Å². The lowest BCUT2D eigenvalue weighted by Gasteiger charge is -2.11. The molecule has 0 amide bonds. The van der Waals surface area contributed by atoms with E-state index in [1.165, 1.54) is 6.92 Å². The Morgan fingerprint density at radius 3 is 2.45 bits per heavy atom. The number of benzene rings is 1. The Morgan fingerprint density at radius 1 is 1.35 bits per heavy atom. The molecular weight excluding hydrogens is 310 g/mol. The van der Waals surface area contributed by atoms with Gasteiger partial charge in [0.1, 0.15) is 21.5 Å². The van der Waals surface area contributed by atoms with Crippen molar-refractivity contribution in [1.82, 2.24) is 0 Å². The number of sulfone groups is 1. The summed E-state index contributed by atoms with van der Waals surface area (Å²) in [7, 11) is -5.03. The Labute approximate surface area is 118 Å². The van der Waals surface area contributed by atoms with E-state index in [1.54, 1.807) is 0 Å². The van der Waals surface area contributed by atoms with Crippen LogP contribution in [0.15, 0.2) is 18.2 Å². The van der Waals surface area contributed by atoms with Crippen LogP contribution in [0.3, 0.4) is 0 Å². The lowest BCUT2D eigenvalue weighted by molar-refractivity contribution is 0.0988. The SMILES string of the molecule is CC(C(=O)c1ccc(F)cc1F)S(=O)CCS(C)(=O)=O. The summed E-state index contributed by atoms with van der Waals surface area (Å²) in [5.41, 5.74) is -0.355. The average molecular weight is 324 g/mol. The van der Waals surface area contributed by atoms with Crippen molar-refractivity contribution in [3.8, 4) is 0 Å². The third-order valence-electron chi connectivity index (χ3n) is 2.62. The predicted octanol–water partition coefficient (Wildman–Crippen LogP) is 1.33. The van der Waals surface area contributed by atoms with Gasteiger partial charge in [-0.1, -0.05) is 0 Å². The highest BCUT2D eigenvalue weighted by atomic mass is 32.2. The van der Waals surface area contributed by atoms with Gasteiger partial charge < -0.3 is 0 Å². The predicted molar refractivity (Wildman–Crippen MR) is 72.9 cm³/mol. The first kappa shape index (κ1) is 16.9. The molecule has 2 atom stereocenters. The van der Waals surface area contributed by atoms with E-state index in [4.69, 9.17) is 0 Å². The first-order chi connectivity index (χ1) is 9.11. The molecular formula is C12H14F2O4S2. The molecule has 0 radical (unpaired) electrons. The summed E-state index contributed by atoms with van der Waals surface area (Å²) in [5.74, 6) is -3.10. The van der Waals surface area contributed by atoms with Gasteiger partial charge in [-0.25, -0.2) is 17.2 Å². The molecule has 1 aromatic carbocycles. The third kappa shape index (κ3) is 4.75. The van der Waals surface area contributed by atoms with Crippen molar-refractivity contribution >= 4 is 26.4 Å². The molecule has 2 unspecified atom stereocenters. The molecule has 0 aliphatic carbocycles. The highest BCUT2D eigenvalue weighted by molar-refractivity contribution is 7.92. The second kappa shape index (κ2) is 6.53. The summed E-state index contributed by atoms with van der Waals surface area (Å²) in [6.45, 7) is 1.32. The van der Waals surface area contributed by atoms with Crippen LogP contribution in [0.2, 0.25) is 0 Å². The fourth-order valence-electron chi connectivity index (χ4n) is 1.44. The molecule has 0 fully saturated rings. The molecule has 0 aliphatic rings. The summed E-state index contributed by atoms with van der Waals surface area (Å²) in [6.07, 6.45) is 0.996. The topological polar surface area (TPSA) is 68.3 Å². The monoisotopic (exact) mass is 324 g/mol. The normalized spacial score (nSPS) is 14.8. The lowest BCUT2D eigenvalue weighted by Crippen LogP contribution is -2.27. The Kier molecular flexibility index (Phi) is 5.52. The molecule has 0 bridgehead atoms. The maximum atomic E-state index is 13.4. The van der Waals surface area contributed by atoms with E-state index < -0.39 is 43.3 Å². The quantitative estimate of drug-likeness (QED) is 0.740. The summed E-state index contributed by atoms with van der Waals surface area (Å²) in [4.78, 5) is 11.9. The van der Waals surface area contributed by atoms with Gasteiger partial charge in [0.05, 0.1) is 16.6 Å². The first-order valence-electron chi connectivity index (χ1n) is 5.66. The minimum atomic E-state index is -3.28. The van der Waals surface area contributed by atoms with Crippen LogP contribution in [0.25, 0.3) is 0 Å². The molecule has 0 aromatic heterocycles. The minimum Gasteiger partial charge on any atom is -0.293 e. The molecule has 0 aliphatic heterocycles. The van der Waals surface area contributed by atoms with Crippen molar-refractivity contribution in [2.45, 2.75) is 12.2 Å². The molecule has 112 valence electrons. The van der Waals surface area contributed by atoms with Gasteiger partial charge in [-0.2, -0.15) is 0 Å². The zero-order chi connectivity index (χ0) is 15.5. The summed E-state index contributed by atoms with van der Waals surface area (Å²) in [6, 6.07) is 2.49. The van der Waals surface area contributed by atoms with Crippen LogP contribution in [-0.2, 0) is 20.6 Å². The van der Waals surface area contributed by atoms with E-state index in [0.29, 0.717) is 6.07 Å². The van der Waals surface area contributed by atoms with Gasteiger partial charge in [0, 0.05) is 28.9 Å². The Morgan fingerprint density at radius 2 is 1.95 bits per heavy atom. The standard InChI is InChI=1S/C12H14F2O4S2/c1-8(19(16)5-6-20(2,17)18)12(15)10-4-3-9(13)7-11(10)14/h3-4,7-8H,5-6H2,1-2H3. The van der Waals surface area contributed by atoms with E-state index in [-0.39, 0.29) is 17.1 Å². The van der Waals surface area contributed by atoms with Crippen LogP contribution < -0.4 is 0 Å². The maximum absolute atomic E-state index is 13.4. The Bertz CT molecular complexity index is 641. The number of hydrogen-bond donors (Lipinski definition) is 0. The van der Waals surface area contributed by atoms with Gasteiger partial charge in [-0.3, -0.25) is 9.00 Å². The fraction of sp³-hybridized carbons (Fsp3) is 0.417. The van der Waals surface area contributed by atoms with Crippen LogP contribution in [0.4, 0.5) is 8.78 Å². The van der Waals surface area contributed by atoms with Crippen LogP contribution in [-0.4, -0.2) is 41.4 Å². The number of hydrogen-bond acceptors (Lipinski definition) is 4. The van der Waals surface area contributed by atoms with E-state index >= 15 is 0 Å². The second-order valence-corrected chi connectivity index (χ2v) is 8.48. The first-order valence-corrected chi connectivity index (χ1v) is 9.10. The molecule has 0 saturated carbocycles. The van der Waals surface area contributed by atoms with Gasteiger partial charge >= 0.3 is 0 Å². The molecule has 1 rings (SSSR count). The highest BCUT2D eigenvalue weighted by Gasteiger charge is 2.24. The van der Waals surface area contributed by atoms with E-state index in [2.05, 4.69) is 0 Å². The molecule has 1 aromatic rings. The molecule has 0 N–H and O–H groups in total. The molecule has 20 heavy (non-hydrogen) atoms. The summed E-state index contributed by atoms with van der Waals surface area (Å²) < 4.78 is 59.9. The van der Waals surface area contributed by atoms with Crippen molar-refractivity contribution in [1.29, 1.82) is 0 Å². The van der Waals surface area contributed by atoms with Crippen LogP contribution in [0.5, 0.6) is 0 Å². The van der Waals surface area contributed by atoms with E-state index in [1.807, 2.05) is 0 Å². The largest absolute Gasteiger partial charge is 0.293 e. The molecule has 0 heterocycles. The highest BCUT2D eigenvalue weighted by Crippen LogP contribution is 2.14. The molecule has 0 spiro atoms. The maximum Gasteiger partial charge on any atom is 0.181 e.